The molecule has 0 aromatic heterocycles. The molecule has 0 N–H and O–H groups in total. The Hall–Kier alpha value is -0.290. The molecule has 1 saturated carbocycles. The third-order valence-corrected chi connectivity index (χ3v) is 5.22. The second kappa shape index (κ2) is 5.16. The summed E-state index contributed by atoms with van der Waals surface area (Å²) in [4.78, 5) is 0. The third kappa shape index (κ3) is 3.65. The first-order valence-electron chi connectivity index (χ1n) is 5.79. The molecule has 15 heavy (non-hydrogen) atoms. The molecule has 0 aromatic rings. The van der Waals surface area contributed by atoms with Gasteiger partial charge in [0.1, 0.15) is 0 Å². The zero-order valence-electron chi connectivity index (χ0n) is 10.1. The second-order valence-electron chi connectivity index (χ2n) is 5.44. The Bertz CT molecular complexity index is 263. The molecule has 0 aliphatic heterocycles. The largest absolute Gasteiger partial charge is 0.259 e. The summed E-state index contributed by atoms with van der Waals surface area (Å²) in [6.07, 6.45) is 10.6. The van der Waals surface area contributed by atoms with E-state index in [4.69, 9.17) is 6.42 Å². The number of terminal acetylenes is 1. The maximum Gasteiger partial charge on any atom is 0.0380 e. The minimum absolute atomic E-state index is 0.131. The Kier molecular flexibility index (Phi) is 4.40. The Morgan fingerprint density at radius 1 is 1.40 bits per heavy atom. The molecule has 0 radical (unpaired) electrons. The second-order valence-corrected chi connectivity index (χ2v) is 7.69. The Labute approximate surface area is 96.5 Å². The van der Waals surface area contributed by atoms with Crippen molar-refractivity contribution in [3.8, 4) is 12.3 Å². The van der Waals surface area contributed by atoms with E-state index >= 15 is 0 Å². The minimum Gasteiger partial charge on any atom is -0.259 e. The van der Waals surface area contributed by atoms with Crippen LogP contribution in [0.4, 0.5) is 0 Å². The van der Waals surface area contributed by atoms with E-state index in [1.807, 2.05) is 20.8 Å². The lowest BCUT2D eigenvalue weighted by Crippen LogP contribution is -2.29. The van der Waals surface area contributed by atoms with Crippen LogP contribution in [0.25, 0.3) is 0 Å². The van der Waals surface area contributed by atoms with Gasteiger partial charge in [0.2, 0.25) is 0 Å². The molecule has 1 aliphatic carbocycles. The van der Waals surface area contributed by atoms with Gasteiger partial charge < -0.3 is 0 Å². The maximum atomic E-state index is 12.0. The number of hydrogen-bond acceptors (Lipinski definition) is 1. The monoisotopic (exact) mass is 226 g/mol. The molecule has 2 heteroatoms. The lowest BCUT2D eigenvalue weighted by atomic mass is 9.93. The quantitative estimate of drug-likeness (QED) is 0.676. The van der Waals surface area contributed by atoms with Gasteiger partial charge in [-0.2, -0.15) is 0 Å². The van der Waals surface area contributed by atoms with Gasteiger partial charge >= 0.3 is 0 Å². The zero-order valence-corrected chi connectivity index (χ0v) is 10.9. The highest BCUT2D eigenvalue weighted by Gasteiger charge is 2.28. The Morgan fingerprint density at radius 3 is 2.33 bits per heavy atom. The molecule has 1 fully saturated rings. The van der Waals surface area contributed by atoms with E-state index < -0.39 is 10.8 Å². The van der Waals surface area contributed by atoms with Crippen molar-refractivity contribution in [2.45, 2.75) is 51.2 Å². The lowest BCUT2D eigenvalue weighted by Gasteiger charge is -2.23. The van der Waals surface area contributed by atoms with Crippen molar-refractivity contribution in [2.75, 3.05) is 5.75 Å². The molecule has 1 aliphatic rings. The fraction of sp³-hybridized carbons (Fsp3) is 0.846. The molecule has 0 aromatic carbocycles. The summed E-state index contributed by atoms with van der Waals surface area (Å²) in [7, 11) is -0.806. The smallest absolute Gasteiger partial charge is 0.0380 e. The molecule has 0 heterocycles. The highest BCUT2D eigenvalue weighted by Crippen LogP contribution is 2.32. The molecule has 1 rings (SSSR count). The van der Waals surface area contributed by atoms with Crippen LogP contribution in [0.1, 0.15) is 46.5 Å². The predicted octanol–water partition coefficient (Wildman–Crippen LogP) is 2.97. The van der Waals surface area contributed by atoms with Crippen LogP contribution in [0.2, 0.25) is 0 Å². The topological polar surface area (TPSA) is 17.1 Å². The van der Waals surface area contributed by atoms with Gasteiger partial charge in [0.15, 0.2) is 0 Å². The van der Waals surface area contributed by atoms with Gasteiger partial charge in [-0.3, -0.25) is 4.21 Å². The molecular formula is C13H22OS. The zero-order chi connectivity index (χ0) is 11.5. The Morgan fingerprint density at radius 2 is 1.93 bits per heavy atom. The minimum atomic E-state index is -0.806. The van der Waals surface area contributed by atoms with Crippen LogP contribution in [-0.2, 0) is 10.8 Å². The van der Waals surface area contributed by atoms with Crippen LogP contribution in [0.15, 0.2) is 0 Å². The van der Waals surface area contributed by atoms with Gasteiger partial charge in [-0.1, -0.05) is 12.8 Å². The lowest BCUT2D eigenvalue weighted by molar-refractivity contribution is 0.447. The SMILES string of the molecule is C#C[C@@H](C[S@@](=O)C(C)(C)C)C1CCCC1. The Balaban J connectivity index is 2.54. The van der Waals surface area contributed by atoms with Crippen molar-refractivity contribution >= 4 is 10.8 Å². The van der Waals surface area contributed by atoms with Gasteiger partial charge in [-0.05, 0) is 39.5 Å². The van der Waals surface area contributed by atoms with E-state index in [1.165, 1.54) is 25.7 Å². The predicted molar refractivity (Wildman–Crippen MR) is 67.0 cm³/mol. The third-order valence-electron chi connectivity index (χ3n) is 3.20. The first-order valence-corrected chi connectivity index (χ1v) is 7.11. The first-order chi connectivity index (χ1) is 6.95. The van der Waals surface area contributed by atoms with Crippen molar-refractivity contribution in [3.05, 3.63) is 0 Å². The van der Waals surface area contributed by atoms with Crippen molar-refractivity contribution in [3.63, 3.8) is 0 Å². The number of hydrogen-bond donors (Lipinski definition) is 0. The van der Waals surface area contributed by atoms with E-state index in [9.17, 15) is 4.21 Å². The normalized spacial score (nSPS) is 22.3. The van der Waals surface area contributed by atoms with Gasteiger partial charge in [-0.15, -0.1) is 12.3 Å². The van der Waals surface area contributed by atoms with Gasteiger partial charge in [0.05, 0.1) is 0 Å². The molecule has 86 valence electrons. The summed E-state index contributed by atoms with van der Waals surface area (Å²) < 4.78 is 11.9. The van der Waals surface area contributed by atoms with E-state index in [0.29, 0.717) is 11.7 Å². The van der Waals surface area contributed by atoms with Crippen molar-refractivity contribution in [2.24, 2.45) is 11.8 Å². The molecular weight excluding hydrogens is 204 g/mol. The molecule has 2 atom stereocenters. The molecule has 0 spiro atoms. The summed E-state index contributed by atoms with van der Waals surface area (Å²) in [5.74, 6) is 4.39. The van der Waals surface area contributed by atoms with Gasteiger partial charge in [0.25, 0.3) is 0 Å². The first kappa shape index (κ1) is 12.8. The molecule has 0 bridgehead atoms. The average molecular weight is 226 g/mol. The average Bonchev–Trinajstić information content (AvgIpc) is 2.64. The van der Waals surface area contributed by atoms with Gasteiger partial charge in [-0.25, -0.2) is 0 Å². The fourth-order valence-corrected chi connectivity index (χ4v) is 3.29. The molecule has 0 amide bonds. The van der Waals surface area contributed by atoms with E-state index in [0.717, 1.165) is 0 Å². The van der Waals surface area contributed by atoms with Crippen LogP contribution in [-0.4, -0.2) is 14.7 Å². The summed E-state index contributed by atoms with van der Waals surface area (Å²) in [5, 5.41) is 0. The van der Waals surface area contributed by atoms with Crippen molar-refractivity contribution < 1.29 is 4.21 Å². The summed E-state index contributed by atoms with van der Waals surface area (Å²) in [6.45, 7) is 6.06. The summed E-state index contributed by atoms with van der Waals surface area (Å²) >= 11 is 0. The van der Waals surface area contributed by atoms with E-state index in [-0.39, 0.29) is 10.7 Å². The van der Waals surface area contributed by atoms with Crippen molar-refractivity contribution in [1.29, 1.82) is 0 Å². The van der Waals surface area contributed by atoms with Crippen LogP contribution in [0, 0.1) is 24.2 Å². The molecule has 1 nitrogen and oxygen atoms in total. The van der Waals surface area contributed by atoms with Crippen LogP contribution in [0.5, 0.6) is 0 Å². The van der Waals surface area contributed by atoms with Crippen molar-refractivity contribution in [1.82, 2.24) is 0 Å². The van der Waals surface area contributed by atoms with E-state index in [2.05, 4.69) is 5.92 Å². The summed E-state index contributed by atoms with van der Waals surface area (Å²) in [6, 6.07) is 0. The van der Waals surface area contributed by atoms with E-state index in [1.54, 1.807) is 0 Å². The number of rotatable bonds is 3. The highest BCUT2D eigenvalue weighted by molar-refractivity contribution is 7.86. The van der Waals surface area contributed by atoms with Crippen LogP contribution in [0.3, 0.4) is 0 Å². The van der Waals surface area contributed by atoms with Gasteiger partial charge in [0, 0.05) is 27.2 Å². The highest BCUT2D eigenvalue weighted by atomic mass is 32.2. The molecule has 0 saturated heterocycles. The summed E-state index contributed by atoms with van der Waals surface area (Å²) in [5.41, 5.74) is 0. The standard InChI is InChI=1S/C13H22OS/c1-5-11(12-8-6-7-9-12)10-15(14)13(2,3)4/h1,11-12H,6-10H2,2-4H3/t11-,15+/m0/s1. The van der Waals surface area contributed by atoms with Crippen LogP contribution >= 0.6 is 0 Å². The maximum absolute atomic E-state index is 12.0. The van der Waals surface area contributed by atoms with Crippen LogP contribution < -0.4 is 0 Å². The molecule has 0 unspecified atom stereocenters. The fourth-order valence-electron chi connectivity index (χ4n) is 2.09.